The number of amides is 1. The Kier molecular flexibility index (Phi) is 6.23. The highest BCUT2D eigenvalue weighted by atomic mass is 16.5. The summed E-state index contributed by atoms with van der Waals surface area (Å²) in [5, 5.41) is 0. The van der Waals surface area contributed by atoms with Gasteiger partial charge in [0.05, 0.1) is 13.3 Å². The van der Waals surface area contributed by atoms with Crippen molar-refractivity contribution in [2.75, 3.05) is 32.7 Å². The van der Waals surface area contributed by atoms with Crippen LogP contribution in [0.3, 0.4) is 0 Å². The first-order chi connectivity index (χ1) is 12.7. The van der Waals surface area contributed by atoms with Crippen molar-refractivity contribution in [3.8, 4) is 17.2 Å². The number of anilines is 2. The number of nitrogens with zero attached hydrogens (tertiary/aromatic N) is 3. The standard InChI is InChI=1S/C19H25N5O3/c1-11(2)13-9-14(26-5)12(6-7-17(25)24(3)4)8-15(13)27-16-10-22-19(21)23-18(16)20/h6-11H,1-5H3,(H4,20,21,22,23). The van der Waals surface area contributed by atoms with Crippen molar-refractivity contribution in [2.24, 2.45) is 0 Å². The molecule has 0 aliphatic carbocycles. The number of rotatable bonds is 6. The lowest BCUT2D eigenvalue weighted by Crippen LogP contribution is -2.18. The zero-order chi connectivity index (χ0) is 20.1. The molecule has 0 spiro atoms. The first kappa shape index (κ1) is 20.0. The van der Waals surface area contributed by atoms with E-state index in [4.69, 9.17) is 20.9 Å². The van der Waals surface area contributed by atoms with E-state index in [0.29, 0.717) is 22.8 Å². The third-order valence-corrected chi connectivity index (χ3v) is 3.85. The molecule has 27 heavy (non-hydrogen) atoms. The molecule has 0 aliphatic heterocycles. The number of nitrogen functional groups attached to an aromatic ring is 2. The molecule has 2 aromatic rings. The van der Waals surface area contributed by atoms with Gasteiger partial charge < -0.3 is 25.8 Å². The molecule has 8 heteroatoms. The summed E-state index contributed by atoms with van der Waals surface area (Å²) < 4.78 is 11.4. The molecule has 0 bridgehead atoms. The second kappa shape index (κ2) is 8.39. The number of likely N-dealkylation sites (N-methyl/N-ethyl adjacent to an activating group) is 1. The molecule has 2 rings (SSSR count). The molecule has 0 radical (unpaired) electrons. The number of nitrogens with two attached hydrogens (primary N) is 2. The fourth-order valence-corrected chi connectivity index (χ4v) is 2.34. The zero-order valence-corrected chi connectivity index (χ0v) is 16.2. The number of carbonyl (C=O) groups is 1. The predicted molar refractivity (Wildman–Crippen MR) is 106 cm³/mol. The molecule has 1 aromatic carbocycles. The maximum absolute atomic E-state index is 11.9. The van der Waals surface area contributed by atoms with Crippen molar-refractivity contribution in [3.63, 3.8) is 0 Å². The van der Waals surface area contributed by atoms with Gasteiger partial charge in [0, 0.05) is 31.3 Å². The Hall–Kier alpha value is -3.29. The maximum atomic E-state index is 11.9. The van der Waals surface area contributed by atoms with Gasteiger partial charge in [-0.3, -0.25) is 4.79 Å². The number of ether oxygens (including phenoxy) is 2. The monoisotopic (exact) mass is 371 g/mol. The van der Waals surface area contributed by atoms with Crippen LogP contribution in [0.2, 0.25) is 0 Å². The Morgan fingerprint density at radius 1 is 1.19 bits per heavy atom. The lowest BCUT2D eigenvalue weighted by atomic mass is 9.99. The van der Waals surface area contributed by atoms with Crippen LogP contribution in [0.25, 0.3) is 6.08 Å². The first-order valence-electron chi connectivity index (χ1n) is 8.40. The van der Waals surface area contributed by atoms with E-state index in [2.05, 4.69) is 9.97 Å². The van der Waals surface area contributed by atoms with E-state index in [1.165, 1.54) is 17.2 Å². The molecule has 4 N–H and O–H groups in total. The summed E-state index contributed by atoms with van der Waals surface area (Å²) in [6, 6.07) is 3.68. The van der Waals surface area contributed by atoms with Crippen molar-refractivity contribution >= 4 is 23.7 Å². The average molecular weight is 371 g/mol. The van der Waals surface area contributed by atoms with Gasteiger partial charge in [-0.1, -0.05) is 13.8 Å². The van der Waals surface area contributed by atoms with Crippen molar-refractivity contribution in [3.05, 3.63) is 35.5 Å². The summed E-state index contributed by atoms with van der Waals surface area (Å²) in [7, 11) is 4.95. The quantitative estimate of drug-likeness (QED) is 0.750. The smallest absolute Gasteiger partial charge is 0.246 e. The molecule has 0 saturated heterocycles. The first-order valence-corrected chi connectivity index (χ1v) is 8.40. The van der Waals surface area contributed by atoms with Crippen molar-refractivity contribution in [1.82, 2.24) is 14.9 Å². The second-order valence-electron chi connectivity index (χ2n) is 6.43. The van der Waals surface area contributed by atoms with Gasteiger partial charge in [0.15, 0.2) is 11.6 Å². The Bertz CT molecular complexity index is 863. The van der Waals surface area contributed by atoms with Gasteiger partial charge in [-0.25, -0.2) is 4.98 Å². The lowest BCUT2D eigenvalue weighted by molar-refractivity contribution is -0.123. The molecule has 1 amide bonds. The van der Waals surface area contributed by atoms with E-state index in [0.717, 1.165) is 5.56 Å². The highest BCUT2D eigenvalue weighted by Crippen LogP contribution is 2.37. The average Bonchev–Trinajstić information content (AvgIpc) is 2.61. The predicted octanol–water partition coefficient (Wildman–Crippen LogP) is 2.67. The van der Waals surface area contributed by atoms with Gasteiger partial charge in [0.2, 0.25) is 11.9 Å². The van der Waals surface area contributed by atoms with E-state index < -0.39 is 0 Å². The summed E-state index contributed by atoms with van der Waals surface area (Å²) in [6.45, 7) is 4.07. The SMILES string of the molecule is COc1cc(C(C)C)c(Oc2cnc(N)nc2N)cc1C=CC(=O)N(C)C. The third-order valence-electron chi connectivity index (χ3n) is 3.85. The molecular weight excluding hydrogens is 346 g/mol. The summed E-state index contributed by atoms with van der Waals surface area (Å²) in [5.74, 6) is 1.75. The molecule has 0 saturated carbocycles. The fourth-order valence-electron chi connectivity index (χ4n) is 2.34. The number of benzene rings is 1. The van der Waals surface area contributed by atoms with Gasteiger partial charge in [0.25, 0.3) is 0 Å². The Labute approximate surface area is 158 Å². The maximum Gasteiger partial charge on any atom is 0.246 e. The number of hydrogen-bond acceptors (Lipinski definition) is 7. The van der Waals surface area contributed by atoms with E-state index in [9.17, 15) is 4.79 Å². The van der Waals surface area contributed by atoms with Crippen LogP contribution in [-0.2, 0) is 4.79 Å². The number of aromatic nitrogens is 2. The largest absolute Gasteiger partial charge is 0.496 e. The zero-order valence-electron chi connectivity index (χ0n) is 16.2. The minimum Gasteiger partial charge on any atom is -0.496 e. The van der Waals surface area contributed by atoms with Crippen molar-refractivity contribution in [2.45, 2.75) is 19.8 Å². The van der Waals surface area contributed by atoms with E-state index in [1.807, 2.05) is 19.9 Å². The van der Waals surface area contributed by atoms with E-state index in [1.54, 1.807) is 33.3 Å². The fraction of sp³-hybridized carbons (Fsp3) is 0.316. The van der Waals surface area contributed by atoms with Gasteiger partial charge in [-0.05, 0) is 24.1 Å². The lowest BCUT2D eigenvalue weighted by Gasteiger charge is -2.17. The van der Waals surface area contributed by atoms with Gasteiger partial charge in [0.1, 0.15) is 11.5 Å². The van der Waals surface area contributed by atoms with Crippen LogP contribution in [0.4, 0.5) is 11.8 Å². The van der Waals surface area contributed by atoms with Crippen LogP contribution in [-0.4, -0.2) is 42.0 Å². The Morgan fingerprint density at radius 3 is 2.44 bits per heavy atom. The highest BCUT2D eigenvalue weighted by Gasteiger charge is 2.16. The molecule has 0 aliphatic rings. The number of carbonyl (C=O) groups excluding carboxylic acids is 1. The molecule has 8 nitrogen and oxygen atoms in total. The molecule has 0 unspecified atom stereocenters. The molecule has 1 heterocycles. The summed E-state index contributed by atoms with van der Waals surface area (Å²) in [4.78, 5) is 21.2. The minimum absolute atomic E-state index is 0.0736. The molecule has 0 fully saturated rings. The van der Waals surface area contributed by atoms with Crippen molar-refractivity contribution < 1.29 is 14.3 Å². The van der Waals surface area contributed by atoms with Crippen LogP contribution < -0.4 is 20.9 Å². The Balaban J connectivity index is 2.50. The van der Waals surface area contributed by atoms with Crippen LogP contribution in [0.5, 0.6) is 17.2 Å². The topological polar surface area (TPSA) is 117 Å². The normalized spacial score (nSPS) is 11.0. The van der Waals surface area contributed by atoms with Gasteiger partial charge in [-0.15, -0.1) is 0 Å². The summed E-state index contributed by atoms with van der Waals surface area (Å²) >= 11 is 0. The van der Waals surface area contributed by atoms with E-state index >= 15 is 0 Å². The molecular formula is C19H25N5O3. The Morgan fingerprint density at radius 2 is 1.89 bits per heavy atom. The second-order valence-corrected chi connectivity index (χ2v) is 6.43. The van der Waals surface area contributed by atoms with Gasteiger partial charge in [-0.2, -0.15) is 4.98 Å². The highest BCUT2D eigenvalue weighted by molar-refractivity contribution is 5.92. The van der Waals surface area contributed by atoms with Gasteiger partial charge >= 0.3 is 0 Å². The molecule has 1 aromatic heterocycles. The minimum atomic E-state index is -0.136. The van der Waals surface area contributed by atoms with Crippen LogP contribution in [0.15, 0.2) is 24.4 Å². The van der Waals surface area contributed by atoms with Crippen LogP contribution in [0, 0.1) is 0 Å². The van der Waals surface area contributed by atoms with Crippen LogP contribution in [0.1, 0.15) is 30.9 Å². The van der Waals surface area contributed by atoms with Crippen LogP contribution >= 0.6 is 0 Å². The summed E-state index contributed by atoms with van der Waals surface area (Å²) in [6.07, 6.45) is 4.58. The number of hydrogen-bond donors (Lipinski definition) is 2. The summed E-state index contributed by atoms with van der Waals surface area (Å²) in [5.41, 5.74) is 13.0. The number of methoxy groups -OCH3 is 1. The van der Waals surface area contributed by atoms with Crippen molar-refractivity contribution in [1.29, 1.82) is 0 Å². The van der Waals surface area contributed by atoms with E-state index in [-0.39, 0.29) is 23.6 Å². The molecule has 0 atom stereocenters. The third kappa shape index (κ3) is 4.87. The molecule has 144 valence electrons.